The van der Waals surface area contributed by atoms with E-state index < -0.39 is 0 Å². The summed E-state index contributed by atoms with van der Waals surface area (Å²) in [6, 6.07) is 76.0. The molecule has 0 radical (unpaired) electrons. The third-order valence-corrected chi connectivity index (χ3v) is 12.1. The number of aromatic nitrogens is 3. The Hall–Kier alpha value is -8.13. The van der Waals surface area contributed by atoms with Gasteiger partial charge in [0.1, 0.15) is 0 Å². The van der Waals surface area contributed by atoms with Crippen LogP contribution in [0.5, 0.6) is 0 Å². The fourth-order valence-corrected chi connectivity index (χ4v) is 9.54. The maximum atomic E-state index is 10.5. The van der Waals surface area contributed by atoms with E-state index in [-0.39, 0.29) is 0 Å². The van der Waals surface area contributed by atoms with Gasteiger partial charge in [0.05, 0.1) is 44.7 Å². The Labute approximate surface area is 340 Å². The molecule has 0 aliphatic rings. The number of fused-ring (bicyclic) bond motifs is 9. The van der Waals surface area contributed by atoms with Crippen LogP contribution < -0.4 is 0 Å². The summed E-state index contributed by atoms with van der Waals surface area (Å²) in [6.07, 6.45) is 0. The minimum Gasteiger partial charge on any atom is -0.309 e. The normalized spacial score (nSPS) is 11.7. The second-order valence-electron chi connectivity index (χ2n) is 15.2. The van der Waals surface area contributed by atoms with Crippen molar-refractivity contribution in [2.45, 2.75) is 0 Å². The van der Waals surface area contributed by atoms with E-state index in [1.165, 1.54) is 49.1 Å². The van der Waals surface area contributed by atoms with E-state index >= 15 is 0 Å². The van der Waals surface area contributed by atoms with Crippen LogP contribution in [-0.2, 0) is 0 Å². The van der Waals surface area contributed by atoms with E-state index in [9.17, 15) is 5.26 Å². The lowest BCUT2D eigenvalue weighted by Gasteiger charge is -2.13. The molecular formula is C55H34N4. The van der Waals surface area contributed by atoms with Crippen molar-refractivity contribution in [2.24, 2.45) is 0 Å². The second-order valence-corrected chi connectivity index (χ2v) is 15.2. The molecule has 0 aliphatic heterocycles. The lowest BCUT2D eigenvalue weighted by molar-refractivity contribution is 1.18. The van der Waals surface area contributed by atoms with E-state index in [1.54, 1.807) is 0 Å². The van der Waals surface area contributed by atoms with Gasteiger partial charge in [-0.3, -0.25) is 0 Å². The lowest BCUT2D eigenvalue weighted by atomic mass is 9.97. The molecule has 0 atom stereocenters. The molecule has 0 saturated carbocycles. The Morgan fingerprint density at radius 1 is 0.305 bits per heavy atom. The number of para-hydroxylation sites is 5. The summed E-state index contributed by atoms with van der Waals surface area (Å²) in [5.41, 5.74) is 15.1. The maximum Gasteiger partial charge on any atom is 0.0998 e. The first-order valence-electron chi connectivity index (χ1n) is 20.0. The van der Waals surface area contributed by atoms with Crippen molar-refractivity contribution in [3.05, 3.63) is 212 Å². The van der Waals surface area contributed by atoms with Gasteiger partial charge in [-0.25, -0.2) is 0 Å². The highest BCUT2D eigenvalue weighted by molar-refractivity contribution is 6.17. The third-order valence-electron chi connectivity index (χ3n) is 12.1. The fourth-order valence-electron chi connectivity index (χ4n) is 9.54. The zero-order chi connectivity index (χ0) is 39.0. The van der Waals surface area contributed by atoms with Crippen LogP contribution in [0.1, 0.15) is 5.56 Å². The lowest BCUT2D eigenvalue weighted by Crippen LogP contribution is -1.96. The number of hydrogen-bond acceptors (Lipinski definition) is 1. The Kier molecular flexibility index (Phi) is 7.26. The summed E-state index contributed by atoms with van der Waals surface area (Å²) in [5.74, 6) is 0. The first kappa shape index (κ1) is 33.1. The number of hydrogen-bond donors (Lipinski definition) is 0. The van der Waals surface area contributed by atoms with E-state index in [2.05, 4.69) is 220 Å². The van der Waals surface area contributed by atoms with Gasteiger partial charge in [-0.05, 0) is 108 Å². The molecule has 3 heterocycles. The summed E-state index contributed by atoms with van der Waals surface area (Å²) in [4.78, 5) is 0. The van der Waals surface area contributed by atoms with Gasteiger partial charge >= 0.3 is 0 Å². The van der Waals surface area contributed by atoms with Crippen LogP contribution in [0, 0.1) is 11.3 Å². The van der Waals surface area contributed by atoms with E-state index in [4.69, 9.17) is 0 Å². The van der Waals surface area contributed by atoms with Crippen LogP contribution >= 0.6 is 0 Å². The topological polar surface area (TPSA) is 38.6 Å². The van der Waals surface area contributed by atoms with Gasteiger partial charge in [0.25, 0.3) is 0 Å². The summed E-state index contributed by atoms with van der Waals surface area (Å²) in [7, 11) is 0. The van der Waals surface area contributed by atoms with Gasteiger partial charge in [0, 0.05) is 54.9 Å². The van der Waals surface area contributed by atoms with Gasteiger partial charge in [-0.15, -0.1) is 0 Å². The Morgan fingerprint density at radius 2 is 0.763 bits per heavy atom. The van der Waals surface area contributed by atoms with Gasteiger partial charge in [-0.1, -0.05) is 115 Å². The molecule has 0 unspecified atom stereocenters. The summed E-state index contributed by atoms with van der Waals surface area (Å²) < 4.78 is 7.05. The second kappa shape index (κ2) is 13.0. The molecule has 0 bridgehead atoms. The largest absolute Gasteiger partial charge is 0.309 e. The van der Waals surface area contributed by atoms with Crippen molar-refractivity contribution >= 4 is 65.4 Å². The number of nitrogens with zero attached hydrogens (tertiary/aromatic N) is 4. The van der Waals surface area contributed by atoms with Gasteiger partial charge < -0.3 is 13.7 Å². The van der Waals surface area contributed by atoms with Crippen LogP contribution in [0.3, 0.4) is 0 Å². The van der Waals surface area contributed by atoms with Crippen LogP contribution in [0.25, 0.3) is 105 Å². The van der Waals surface area contributed by atoms with Gasteiger partial charge in [0.15, 0.2) is 0 Å². The molecule has 59 heavy (non-hydrogen) atoms. The number of nitriles is 1. The first-order chi connectivity index (χ1) is 29.2. The van der Waals surface area contributed by atoms with Crippen LogP contribution in [0.2, 0.25) is 0 Å². The Morgan fingerprint density at radius 3 is 1.34 bits per heavy atom. The molecule has 0 amide bonds. The minimum absolute atomic E-state index is 0.643. The van der Waals surface area contributed by atoms with Crippen molar-refractivity contribution in [3.63, 3.8) is 0 Å². The fraction of sp³-hybridized carbons (Fsp3) is 0. The molecule has 0 fully saturated rings. The quantitative estimate of drug-likeness (QED) is 0.173. The highest BCUT2D eigenvalue weighted by Gasteiger charge is 2.20. The molecule has 12 aromatic rings. The molecule has 0 spiro atoms. The molecule has 4 nitrogen and oxygen atoms in total. The van der Waals surface area contributed by atoms with Crippen molar-refractivity contribution in [2.75, 3.05) is 0 Å². The molecule has 9 aromatic carbocycles. The van der Waals surface area contributed by atoms with E-state index in [0.717, 1.165) is 55.6 Å². The highest BCUT2D eigenvalue weighted by atomic mass is 15.0. The summed E-state index contributed by atoms with van der Waals surface area (Å²) in [5, 5.41) is 17.7. The van der Waals surface area contributed by atoms with Gasteiger partial charge in [-0.2, -0.15) is 5.26 Å². The highest BCUT2D eigenvalue weighted by Crippen LogP contribution is 2.42. The Bertz CT molecular complexity index is 3670. The zero-order valence-electron chi connectivity index (χ0n) is 31.9. The maximum absolute atomic E-state index is 10.5. The predicted molar refractivity (Wildman–Crippen MR) is 245 cm³/mol. The van der Waals surface area contributed by atoms with Crippen LogP contribution in [0.4, 0.5) is 0 Å². The molecule has 0 aliphatic carbocycles. The van der Waals surface area contributed by atoms with Crippen LogP contribution in [-0.4, -0.2) is 13.7 Å². The monoisotopic (exact) mass is 750 g/mol. The predicted octanol–water partition coefficient (Wildman–Crippen LogP) is 14.2. The zero-order valence-corrected chi connectivity index (χ0v) is 31.9. The molecule has 0 N–H and O–H groups in total. The van der Waals surface area contributed by atoms with E-state index in [0.29, 0.717) is 5.56 Å². The average Bonchev–Trinajstić information content (AvgIpc) is 3.95. The molecule has 12 rings (SSSR count). The SMILES string of the molecule is N#Cc1ccc(-n2c3ccccc3c3c(-c4ccc5c(c4)c4ccccc4n5-c4ccccc4)cccc32)cc1-c1ccc2c(c1)c1ccccc1n2-c1ccccc1. The molecular weight excluding hydrogens is 717 g/mol. The molecule has 3 aromatic heterocycles. The van der Waals surface area contributed by atoms with Crippen molar-refractivity contribution in [3.8, 4) is 45.4 Å². The third kappa shape index (κ3) is 4.95. The Balaban J connectivity index is 1.05. The minimum atomic E-state index is 0.643. The van der Waals surface area contributed by atoms with Crippen molar-refractivity contribution in [1.29, 1.82) is 5.26 Å². The summed E-state index contributed by atoms with van der Waals surface area (Å²) >= 11 is 0. The smallest absolute Gasteiger partial charge is 0.0998 e. The first-order valence-corrected chi connectivity index (χ1v) is 20.0. The van der Waals surface area contributed by atoms with Crippen molar-refractivity contribution < 1.29 is 0 Å². The summed E-state index contributed by atoms with van der Waals surface area (Å²) in [6.45, 7) is 0. The molecule has 4 heteroatoms. The molecule has 0 saturated heterocycles. The standard InChI is InChI=1S/C55H34N4/c56-35-38-26-29-41(34-46(38)37-28-31-53-48(33-37)44-19-8-11-23-50(44)58(53)40-16-5-2-6-17-40)59-51-24-12-9-20-45(51)55-42(21-13-25-54(55)59)36-27-30-52-47(32-36)43-18-7-10-22-49(43)57(52)39-14-3-1-4-15-39/h1-34H. The van der Waals surface area contributed by atoms with Crippen molar-refractivity contribution in [1.82, 2.24) is 13.7 Å². The average molecular weight is 751 g/mol. The number of benzene rings is 9. The molecule has 274 valence electrons. The number of rotatable bonds is 5. The van der Waals surface area contributed by atoms with Gasteiger partial charge in [0.2, 0.25) is 0 Å². The van der Waals surface area contributed by atoms with E-state index in [1.807, 2.05) is 6.07 Å². The van der Waals surface area contributed by atoms with Crippen LogP contribution in [0.15, 0.2) is 206 Å².